The third-order valence-corrected chi connectivity index (χ3v) is 7.09. The molecule has 3 saturated carbocycles. The first-order chi connectivity index (χ1) is 13.4. The van der Waals surface area contributed by atoms with Gasteiger partial charge in [0.05, 0.1) is 11.5 Å². The van der Waals surface area contributed by atoms with Gasteiger partial charge in [-0.05, 0) is 81.0 Å². The van der Waals surface area contributed by atoms with Crippen molar-refractivity contribution < 1.29 is 19.6 Å². The van der Waals surface area contributed by atoms with Gasteiger partial charge in [0.15, 0.2) is 0 Å². The second kappa shape index (κ2) is 9.79. The fraction of sp³-hybridized carbons (Fsp3) is 0.667. The summed E-state index contributed by atoms with van der Waals surface area (Å²) in [4.78, 5) is 13.8. The van der Waals surface area contributed by atoms with Gasteiger partial charge in [0.25, 0.3) is 0 Å². The summed E-state index contributed by atoms with van der Waals surface area (Å²) >= 11 is 0. The van der Waals surface area contributed by atoms with Crippen molar-refractivity contribution in [2.75, 3.05) is 18.6 Å². The average molecular weight is 425 g/mol. The van der Waals surface area contributed by atoms with Gasteiger partial charge in [-0.15, -0.1) is 12.4 Å². The van der Waals surface area contributed by atoms with Crippen molar-refractivity contribution in [1.29, 1.82) is 0 Å². The van der Waals surface area contributed by atoms with E-state index in [1.54, 1.807) is 0 Å². The maximum atomic E-state index is 12.3. The Bertz CT molecular complexity index is 661. The van der Waals surface area contributed by atoms with E-state index in [1.165, 1.54) is 17.4 Å². The Morgan fingerprint density at radius 2 is 1.72 bits per heavy atom. The summed E-state index contributed by atoms with van der Waals surface area (Å²) in [6.07, 6.45) is 7.75. The first-order valence-electron chi connectivity index (χ1n) is 10.4. The van der Waals surface area contributed by atoms with Gasteiger partial charge in [-0.2, -0.15) is 0 Å². The number of fused-ring (bicyclic) bond motifs is 3. The largest absolute Gasteiger partial charge is 0.476 e. The molecule has 29 heavy (non-hydrogen) atoms. The van der Waals surface area contributed by atoms with Crippen LogP contribution < -0.4 is 10.6 Å². The number of hydrogen-bond donors (Lipinski definition) is 3. The molecule has 6 nitrogen and oxygen atoms in total. The van der Waals surface area contributed by atoms with E-state index < -0.39 is 13.1 Å². The number of halogens is 1. The second-order valence-electron chi connectivity index (χ2n) is 8.52. The molecule has 0 saturated heterocycles. The van der Waals surface area contributed by atoms with Crippen LogP contribution in [0.2, 0.25) is 0 Å². The number of hydrogen-bond acceptors (Lipinski definition) is 5. The van der Waals surface area contributed by atoms with Gasteiger partial charge < -0.3 is 25.4 Å². The lowest BCUT2D eigenvalue weighted by atomic mass is 9.56. The van der Waals surface area contributed by atoms with Crippen LogP contribution in [0.5, 0.6) is 0 Å². The molecule has 0 unspecified atom stereocenters. The second-order valence-corrected chi connectivity index (χ2v) is 8.52. The summed E-state index contributed by atoms with van der Waals surface area (Å²) in [5.74, 6) is -0.905. The maximum absolute atomic E-state index is 12.3. The number of amides is 1. The zero-order valence-corrected chi connectivity index (χ0v) is 18.3. The number of ether oxygens (including phenoxy) is 1. The molecule has 2 bridgehead atoms. The zero-order valence-electron chi connectivity index (χ0n) is 17.5. The monoisotopic (exact) mass is 424 g/mol. The predicted molar refractivity (Wildman–Crippen MR) is 118 cm³/mol. The van der Waals surface area contributed by atoms with E-state index in [4.69, 9.17) is 10.5 Å². The van der Waals surface area contributed by atoms with Gasteiger partial charge in [0.2, 0.25) is 5.91 Å². The lowest BCUT2D eigenvalue weighted by Gasteiger charge is -2.53. The summed E-state index contributed by atoms with van der Waals surface area (Å²) in [6, 6.07) is 8.10. The van der Waals surface area contributed by atoms with Crippen LogP contribution in [0.25, 0.3) is 0 Å². The molecule has 1 aromatic carbocycles. The number of rotatable bonds is 8. The van der Waals surface area contributed by atoms with E-state index in [9.17, 15) is 14.8 Å². The Hall–Kier alpha value is -1.12. The quantitative estimate of drug-likeness (QED) is 0.557. The topological polar surface area (TPSA) is 96.0 Å². The van der Waals surface area contributed by atoms with E-state index in [1.807, 2.05) is 19.2 Å². The van der Waals surface area contributed by atoms with Gasteiger partial charge >= 0.3 is 7.12 Å². The van der Waals surface area contributed by atoms with Crippen LogP contribution in [0.1, 0.15) is 63.9 Å². The highest BCUT2D eigenvalue weighted by molar-refractivity contribution is 6.45. The third-order valence-electron chi connectivity index (χ3n) is 7.09. The van der Waals surface area contributed by atoms with Crippen molar-refractivity contribution in [2.24, 2.45) is 5.73 Å². The van der Waals surface area contributed by atoms with E-state index in [-0.39, 0.29) is 29.3 Å². The molecule has 1 aromatic rings. The lowest BCUT2D eigenvalue weighted by molar-refractivity contribution is -0.116. The predicted octanol–water partition coefficient (Wildman–Crippen LogP) is 2.57. The molecule has 0 aliphatic heterocycles. The number of nitrogens with two attached hydrogens (primary N) is 1. The van der Waals surface area contributed by atoms with Crippen molar-refractivity contribution in [3.63, 3.8) is 0 Å². The molecule has 4 N–H and O–H groups in total. The van der Waals surface area contributed by atoms with Gasteiger partial charge in [-0.3, -0.25) is 4.79 Å². The average Bonchev–Trinajstić information content (AvgIpc) is 2.72. The molecule has 4 rings (SSSR count). The van der Waals surface area contributed by atoms with Crippen LogP contribution in [-0.2, 0) is 14.9 Å². The molecular weight excluding hydrogens is 391 g/mol. The fourth-order valence-corrected chi connectivity index (χ4v) is 5.21. The minimum absolute atomic E-state index is 0. The molecule has 1 amide bonds. The number of anilines is 1. The first-order valence-corrected chi connectivity index (χ1v) is 10.4. The van der Waals surface area contributed by atoms with Gasteiger partial charge in [0, 0.05) is 19.7 Å². The molecule has 3 aliphatic carbocycles. The molecule has 1 atom stereocenters. The Kier molecular flexibility index (Phi) is 8.16. The Morgan fingerprint density at radius 3 is 2.14 bits per heavy atom. The van der Waals surface area contributed by atoms with E-state index >= 15 is 0 Å². The molecule has 0 aromatic heterocycles. The van der Waals surface area contributed by atoms with Gasteiger partial charge in [-0.25, -0.2) is 0 Å². The molecule has 3 aliphatic rings. The van der Waals surface area contributed by atoms with Crippen LogP contribution in [-0.4, -0.2) is 48.3 Å². The number of methoxy groups -OCH3 is 1. The summed E-state index contributed by atoms with van der Waals surface area (Å²) in [5.41, 5.74) is 7.87. The SMILES string of the molecule is COC12CCC(c3ccc(N(C(C)=O)[C@@H](CCCN)B(O)O)cc3)(CC1)CC2.Cl. The highest BCUT2D eigenvalue weighted by Crippen LogP contribution is 2.54. The Balaban J connectivity index is 0.00000300. The minimum atomic E-state index is -1.60. The normalized spacial score (nSPS) is 26.5. The Labute approximate surface area is 180 Å². The summed E-state index contributed by atoms with van der Waals surface area (Å²) in [5, 5.41) is 19.6. The lowest BCUT2D eigenvalue weighted by Crippen LogP contribution is -2.50. The fourth-order valence-electron chi connectivity index (χ4n) is 5.21. The highest BCUT2D eigenvalue weighted by Gasteiger charge is 2.49. The molecular formula is C21H34BClN2O4. The molecule has 0 spiro atoms. The number of carbonyl (C=O) groups excluding carboxylic acids is 1. The van der Waals surface area contributed by atoms with Crippen LogP contribution >= 0.6 is 12.4 Å². The van der Waals surface area contributed by atoms with Crippen molar-refractivity contribution in [3.8, 4) is 0 Å². The van der Waals surface area contributed by atoms with Gasteiger partial charge in [0.1, 0.15) is 0 Å². The van der Waals surface area contributed by atoms with Crippen molar-refractivity contribution in [2.45, 2.75) is 75.2 Å². The van der Waals surface area contributed by atoms with E-state index in [0.717, 1.165) is 38.5 Å². The number of carbonyl (C=O) groups is 1. The van der Waals surface area contributed by atoms with Crippen LogP contribution in [0, 0.1) is 0 Å². The Morgan fingerprint density at radius 1 is 1.17 bits per heavy atom. The molecule has 3 fully saturated rings. The standard InChI is InChI=1S/C21H33BN2O4.ClH/c1-16(25)24(19(22(26)27)4-3-15-23)18-7-5-17(6-8-18)20-9-12-21(28-2,13-10-20)14-11-20;/h5-8,19,26-27H,3-4,9-15,23H2,1-2H3;1H/t19-,20?,21?;/m0./s1. The number of benzene rings is 1. The van der Waals surface area contributed by atoms with Crippen LogP contribution in [0.15, 0.2) is 24.3 Å². The maximum Gasteiger partial charge on any atom is 0.476 e. The molecule has 0 radical (unpaired) electrons. The van der Waals surface area contributed by atoms with Gasteiger partial charge in [-0.1, -0.05) is 12.1 Å². The third kappa shape index (κ3) is 4.80. The smallest absolute Gasteiger partial charge is 0.426 e. The van der Waals surface area contributed by atoms with Crippen molar-refractivity contribution in [3.05, 3.63) is 29.8 Å². The van der Waals surface area contributed by atoms with Crippen LogP contribution in [0.4, 0.5) is 5.69 Å². The zero-order chi connectivity index (χ0) is 20.4. The molecule has 8 heteroatoms. The highest BCUT2D eigenvalue weighted by atomic mass is 35.5. The molecule has 162 valence electrons. The van der Waals surface area contributed by atoms with Crippen molar-refractivity contribution in [1.82, 2.24) is 0 Å². The van der Waals surface area contributed by atoms with Crippen LogP contribution in [0.3, 0.4) is 0 Å². The van der Waals surface area contributed by atoms with E-state index in [2.05, 4.69) is 12.1 Å². The minimum Gasteiger partial charge on any atom is -0.426 e. The summed E-state index contributed by atoms with van der Waals surface area (Å²) in [7, 11) is 0.229. The molecule has 0 heterocycles. The first kappa shape index (κ1) is 24.2. The number of nitrogens with zero attached hydrogens (tertiary/aromatic N) is 1. The summed E-state index contributed by atoms with van der Waals surface area (Å²) < 4.78 is 5.80. The van der Waals surface area contributed by atoms with E-state index in [0.29, 0.717) is 25.1 Å². The summed E-state index contributed by atoms with van der Waals surface area (Å²) in [6.45, 7) is 1.90. The van der Waals surface area contributed by atoms with Crippen molar-refractivity contribution >= 4 is 31.1 Å².